The molecule has 0 saturated heterocycles. The van der Waals surface area contributed by atoms with E-state index in [4.69, 9.17) is 16.3 Å². The number of thiophene rings is 1. The fourth-order valence-electron chi connectivity index (χ4n) is 5.40. The number of anilines is 1. The van der Waals surface area contributed by atoms with Crippen LogP contribution in [-0.4, -0.2) is 48.6 Å². The lowest BCUT2D eigenvalue weighted by molar-refractivity contribution is 0.0604. The number of halogens is 1. The molecule has 0 aliphatic heterocycles. The third-order valence-electron chi connectivity index (χ3n) is 7.59. The zero-order valence-electron chi connectivity index (χ0n) is 22.7. The molecule has 1 amide bonds. The third kappa shape index (κ3) is 5.91. The topological polar surface area (TPSA) is 66.5 Å². The molecule has 4 aromatic rings. The molecule has 1 saturated carbocycles. The van der Waals surface area contributed by atoms with E-state index in [2.05, 4.69) is 33.8 Å². The van der Waals surface area contributed by atoms with E-state index in [9.17, 15) is 4.79 Å². The van der Waals surface area contributed by atoms with Crippen molar-refractivity contribution < 1.29 is 9.53 Å². The number of hydrogen-bond acceptors (Lipinski definition) is 6. The second kappa shape index (κ2) is 12.4. The Morgan fingerprint density at radius 2 is 1.85 bits per heavy atom. The van der Waals surface area contributed by atoms with Gasteiger partial charge in [-0.2, -0.15) is 0 Å². The fraction of sp³-hybridized carbons (Fsp3) is 0.355. The smallest absolute Gasteiger partial charge is 0.266 e. The first-order valence-electron chi connectivity index (χ1n) is 13.6. The number of amides is 1. The van der Waals surface area contributed by atoms with Crippen LogP contribution in [0.3, 0.4) is 0 Å². The summed E-state index contributed by atoms with van der Waals surface area (Å²) in [6.07, 6.45) is 5.82. The number of rotatable bonds is 9. The molecule has 8 heteroatoms. The first-order chi connectivity index (χ1) is 19.0. The fourth-order valence-corrected chi connectivity index (χ4v) is 6.87. The summed E-state index contributed by atoms with van der Waals surface area (Å²) in [7, 11) is 3.87. The second-order valence-electron chi connectivity index (χ2n) is 9.91. The molecule has 0 atom stereocenters. The van der Waals surface area contributed by atoms with E-state index in [1.54, 1.807) is 0 Å². The Morgan fingerprint density at radius 3 is 2.51 bits per heavy atom. The summed E-state index contributed by atoms with van der Waals surface area (Å²) in [6, 6.07) is 18.8. The molecule has 204 valence electrons. The van der Waals surface area contributed by atoms with E-state index < -0.39 is 0 Å². The molecule has 5 rings (SSSR count). The molecule has 0 bridgehead atoms. The lowest BCUT2D eigenvalue weighted by Gasteiger charge is -2.37. The van der Waals surface area contributed by atoms with E-state index >= 15 is 0 Å². The minimum atomic E-state index is -0.0120. The Balaban J connectivity index is 1.53. The number of carbonyl (C=O) groups excluding carboxylic acids is 1. The van der Waals surface area contributed by atoms with Gasteiger partial charge in [-0.15, -0.1) is 11.3 Å². The SMILES string of the molecule is CCOc1ccc(-c2ccc(NC)nc2)cc1CN(C(=O)c1sc2ccccc2c1Cl)C1CCC(NC)CC1. The Kier molecular flexibility index (Phi) is 8.70. The molecular weight excluding hydrogens is 528 g/mol. The van der Waals surface area contributed by atoms with Gasteiger partial charge in [-0.05, 0) is 75.5 Å². The van der Waals surface area contributed by atoms with Crippen molar-refractivity contribution in [1.29, 1.82) is 0 Å². The predicted molar refractivity (Wildman–Crippen MR) is 162 cm³/mol. The van der Waals surface area contributed by atoms with Crippen molar-refractivity contribution in [2.24, 2.45) is 0 Å². The van der Waals surface area contributed by atoms with Crippen LogP contribution in [0.5, 0.6) is 5.75 Å². The van der Waals surface area contributed by atoms with Crippen molar-refractivity contribution in [3.8, 4) is 16.9 Å². The number of aromatic nitrogens is 1. The van der Waals surface area contributed by atoms with Crippen molar-refractivity contribution in [2.45, 2.75) is 51.2 Å². The lowest BCUT2D eigenvalue weighted by Crippen LogP contribution is -2.44. The molecule has 1 aliphatic carbocycles. The van der Waals surface area contributed by atoms with Crippen LogP contribution in [0.2, 0.25) is 5.02 Å². The van der Waals surface area contributed by atoms with Crippen LogP contribution in [0.25, 0.3) is 21.2 Å². The Bertz CT molecular complexity index is 1430. The number of fused-ring (bicyclic) bond motifs is 1. The molecule has 39 heavy (non-hydrogen) atoms. The number of benzene rings is 2. The maximum atomic E-state index is 14.3. The highest BCUT2D eigenvalue weighted by Crippen LogP contribution is 2.38. The van der Waals surface area contributed by atoms with Crippen LogP contribution in [0.1, 0.15) is 47.8 Å². The van der Waals surface area contributed by atoms with Gasteiger partial charge in [0.1, 0.15) is 16.4 Å². The number of ether oxygens (including phenoxy) is 1. The summed E-state index contributed by atoms with van der Waals surface area (Å²) < 4.78 is 7.07. The molecule has 0 spiro atoms. The summed E-state index contributed by atoms with van der Waals surface area (Å²) in [6.45, 7) is 2.98. The summed E-state index contributed by atoms with van der Waals surface area (Å²) in [4.78, 5) is 21.4. The largest absolute Gasteiger partial charge is 0.494 e. The molecule has 2 aromatic carbocycles. The van der Waals surface area contributed by atoms with Gasteiger partial charge in [0.2, 0.25) is 0 Å². The summed E-state index contributed by atoms with van der Waals surface area (Å²) in [5.41, 5.74) is 3.03. The number of pyridine rings is 1. The average Bonchev–Trinajstić information content (AvgIpc) is 3.33. The molecule has 0 radical (unpaired) electrons. The standard InChI is InChI=1S/C31H35ClN4O2S/c1-4-38-26-15-9-20(21-10-16-28(34-3)35-18-21)17-22(26)19-36(24-13-11-23(33-2)12-14-24)31(37)30-29(32)25-7-5-6-8-27(25)39-30/h5-10,15-18,23-24,33H,4,11-14,19H2,1-3H3,(H,34,35). The van der Waals surface area contributed by atoms with E-state index in [0.717, 1.165) is 64.0 Å². The summed E-state index contributed by atoms with van der Waals surface area (Å²) >= 11 is 8.29. The second-order valence-corrected chi connectivity index (χ2v) is 11.3. The van der Waals surface area contributed by atoms with Gasteiger partial charge in [0, 0.05) is 53.1 Å². The molecule has 2 aromatic heterocycles. The molecule has 0 unspecified atom stereocenters. The quantitative estimate of drug-likeness (QED) is 0.225. The number of carbonyl (C=O) groups is 1. The van der Waals surface area contributed by atoms with Crippen LogP contribution in [-0.2, 0) is 6.54 Å². The van der Waals surface area contributed by atoms with Gasteiger partial charge in [0.05, 0.1) is 11.6 Å². The van der Waals surface area contributed by atoms with Crippen LogP contribution in [0.4, 0.5) is 5.82 Å². The van der Waals surface area contributed by atoms with Gasteiger partial charge in [-0.3, -0.25) is 4.79 Å². The van der Waals surface area contributed by atoms with Crippen molar-refractivity contribution in [3.63, 3.8) is 0 Å². The highest BCUT2D eigenvalue weighted by molar-refractivity contribution is 7.21. The van der Waals surface area contributed by atoms with Crippen molar-refractivity contribution >= 4 is 44.7 Å². The summed E-state index contributed by atoms with van der Waals surface area (Å²) in [5, 5.41) is 7.95. The monoisotopic (exact) mass is 562 g/mol. The van der Waals surface area contributed by atoms with E-state index in [-0.39, 0.29) is 11.9 Å². The van der Waals surface area contributed by atoms with Gasteiger partial charge >= 0.3 is 0 Å². The Morgan fingerprint density at radius 1 is 1.08 bits per heavy atom. The van der Waals surface area contributed by atoms with E-state index in [0.29, 0.717) is 29.1 Å². The molecule has 2 N–H and O–H groups in total. The van der Waals surface area contributed by atoms with Crippen LogP contribution >= 0.6 is 22.9 Å². The van der Waals surface area contributed by atoms with Crippen LogP contribution in [0, 0.1) is 0 Å². The Hall–Kier alpha value is -3.13. The first kappa shape index (κ1) is 27.4. The lowest BCUT2D eigenvalue weighted by atomic mass is 9.89. The molecule has 2 heterocycles. The van der Waals surface area contributed by atoms with E-state index in [1.165, 1.54) is 11.3 Å². The highest BCUT2D eigenvalue weighted by atomic mass is 35.5. The van der Waals surface area contributed by atoms with Gasteiger partial charge in [0.25, 0.3) is 5.91 Å². The van der Waals surface area contributed by atoms with Gasteiger partial charge in [-0.1, -0.05) is 35.9 Å². The van der Waals surface area contributed by atoms with Crippen molar-refractivity contribution in [3.05, 3.63) is 76.3 Å². The number of nitrogens with one attached hydrogen (secondary N) is 2. The minimum Gasteiger partial charge on any atom is -0.494 e. The number of nitrogens with zero attached hydrogens (tertiary/aromatic N) is 2. The number of hydrogen-bond donors (Lipinski definition) is 2. The molecule has 6 nitrogen and oxygen atoms in total. The van der Waals surface area contributed by atoms with Crippen LogP contribution < -0.4 is 15.4 Å². The zero-order chi connectivity index (χ0) is 27.4. The predicted octanol–water partition coefficient (Wildman–Crippen LogP) is 7.23. The van der Waals surface area contributed by atoms with Gasteiger partial charge in [0.15, 0.2) is 0 Å². The average molecular weight is 563 g/mol. The van der Waals surface area contributed by atoms with Crippen molar-refractivity contribution in [2.75, 3.05) is 26.0 Å². The van der Waals surface area contributed by atoms with Gasteiger partial charge in [-0.25, -0.2) is 4.98 Å². The maximum absolute atomic E-state index is 14.3. The maximum Gasteiger partial charge on any atom is 0.266 e. The first-order valence-corrected chi connectivity index (χ1v) is 14.8. The molecule has 1 aliphatic rings. The highest BCUT2D eigenvalue weighted by Gasteiger charge is 2.32. The summed E-state index contributed by atoms with van der Waals surface area (Å²) in [5.74, 6) is 1.60. The molecular formula is C31H35ClN4O2S. The van der Waals surface area contributed by atoms with Crippen LogP contribution in [0.15, 0.2) is 60.8 Å². The normalized spacial score (nSPS) is 17.2. The Labute approximate surface area is 239 Å². The zero-order valence-corrected chi connectivity index (χ0v) is 24.2. The molecule has 1 fully saturated rings. The van der Waals surface area contributed by atoms with Crippen molar-refractivity contribution in [1.82, 2.24) is 15.2 Å². The third-order valence-corrected chi connectivity index (χ3v) is 9.25. The van der Waals surface area contributed by atoms with E-state index in [1.807, 2.05) is 68.5 Å². The minimum absolute atomic E-state index is 0.0120. The van der Waals surface area contributed by atoms with Gasteiger partial charge < -0.3 is 20.3 Å².